The highest BCUT2D eigenvalue weighted by molar-refractivity contribution is 5.55. The minimum atomic E-state index is -0.785. The SMILES string of the molecule is CCCCCC[C@@H](F)Cc1cnc(-c2ccc(C3CCCC3)cc2)nc1. The van der Waals surface area contributed by atoms with Crippen LogP contribution in [0, 0.1) is 0 Å². The topological polar surface area (TPSA) is 25.8 Å². The van der Waals surface area contributed by atoms with Crippen LogP contribution in [0.25, 0.3) is 11.4 Å². The molecule has 0 radical (unpaired) electrons. The molecule has 0 aliphatic heterocycles. The first-order valence-corrected chi connectivity index (χ1v) is 10.3. The lowest BCUT2D eigenvalue weighted by Gasteiger charge is -2.10. The molecule has 140 valence electrons. The Kier molecular flexibility index (Phi) is 7.16. The van der Waals surface area contributed by atoms with Crippen molar-refractivity contribution in [2.75, 3.05) is 0 Å². The molecule has 1 heterocycles. The molecular formula is C23H31FN2. The van der Waals surface area contributed by atoms with Gasteiger partial charge in [0.1, 0.15) is 6.17 Å². The molecule has 1 aromatic carbocycles. The summed E-state index contributed by atoms with van der Waals surface area (Å²) in [6.45, 7) is 2.17. The van der Waals surface area contributed by atoms with Gasteiger partial charge in [0.25, 0.3) is 0 Å². The lowest BCUT2D eigenvalue weighted by Crippen LogP contribution is -2.06. The number of unbranched alkanes of at least 4 members (excludes halogenated alkanes) is 3. The van der Waals surface area contributed by atoms with Gasteiger partial charge in [-0.1, -0.05) is 69.7 Å². The number of aromatic nitrogens is 2. The average molecular weight is 355 g/mol. The lowest BCUT2D eigenvalue weighted by molar-refractivity contribution is 0.302. The van der Waals surface area contributed by atoms with Gasteiger partial charge < -0.3 is 0 Å². The van der Waals surface area contributed by atoms with Gasteiger partial charge in [0, 0.05) is 24.4 Å². The third kappa shape index (κ3) is 5.36. The van der Waals surface area contributed by atoms with Gasteiger partial charge in [0.15, 0.2) is 5.82 Å². The van der Waals surface area contributed by atoms with E-state index in [0.29, 0.717) is 12.8 Å². The van der Waals surface area contributed by atoms with Gasteiger partial charge >= 0.3 is 0 Å². The molecule has 1 saturated carbocycles. The summed E-state index contributed by atoms with van der Waals surface area (Å²) in [7, 11) is 0. The Bertz CT molecular complexity index is 645. The number of rotatable bonds is 9. The van der Waals surface area contributed by atoms with Gasteiger partial charge in [0.2, 0.25) is 0 Å². The van der Waals surface area contributed by atoms with Gasteiger partial charge in [-0.3, -0.25) is 0 Å². The van der Waals surface area contributed by atoms with E-state index in [1.807, 2.05) is 0 Å². The van der Waals surface area contributed by atoms with Crippen LogP contribution in [0.5, 0.6) is 0 Å². The maximum Gasteiger partial charge on any atom is 0.159 e. The maximum absolute atomic E-state index is 14.1. The first-order valence-electron chi connectivity index (χ1n) is 10.3. The van der Waals surface area contributed by atoms with E-state index in [0.717, 1.165) is 35.7 Å². The molecule has 1 aromatic heterocycles. The van der Waals surface area contributed by atoms with E-state index in [4.69, 9.17) is 0 Å². The summed E-state index contributed by atoms with van der Waals surface area (Å²) >= 11 is 0. The van der Waals surface area contributed by atoms with Crippen LogP contribution in [0.2, 0.25) is 0 Å². The Hall–Kier alpha value is -1.77. The Morgan fingerprint density at radius 2 is 1.69 bits per heavy atom. The van der Waals surface area contributed by atoms with Crippen molar-refractivity contribution in [2.24, 2.45) is 0 Å². The van der Waals surface area contributed by atoms with E-state index >= 15 is 0 Å². The zero-order valence-electron chi connectivity index (χ0n) is 16.0. The Balaban J connectivity index is 1.53. The highest BCUT2D eigenvalue weighted by atomic mass is 19.1. The second kappa shape index (κ2) is 9.80. The summed E-state index contributed by atoms with van der Waals surface area (Å²) in [6, 6.07) is 8.68. The fraction of sp³-hybridized carbons (Fsp3) is 0.565. The van der Waals surface area contributed by atoms with Crippen molar-refractivity contribution in [3.63, 3.8) is 0 Å². The zero-order chi connectivity index (χ0) is 18.2. The summed E-state index contributed by atoms with van der Waals surface area (Å²) in [6.07, 6.45) is 13.7. The standard InChI is InChI=1S/C23H31FN2/c1-2-3-4-5-10-22(24)15-18-16-25-23(26-17-18)21-13-11-20(12-14-21)19-8-6-7-9-19/h11-14,16-17,19,22H,2-10,15H2,1H3/t22-/m1/s1. The van der Waals surface area contributed by atoms with E-state index in [9.17, 15) is 4.39 Å². The molecule has 3 rings (SSSR count). The molecule has 1 aliphatic carbocycles. The Labute approximate surface area is 157 Å². The van der Waals surface area contributed by atoms with E-state index < -0.39 is 6.17 Å². The molecule has 2 nitrogen and oxygen atoms in total. The van der Waals surface area contributed by atoms with Crippen molar-refractivity contribution in [3.8, 4) is 11.4 Å². The molecule has 2 aromatic rings. The third-order valence-corrected chi connectivity index (χ3v) is 5.53. The molecule has 0 spiro atoms. The van der Waals surface area contributed by atoms with Crippen LogP contribution in [0.1, 0.15) is 81.8 Å². The molecule has 1 atom stereocenters. The predicted molar refractivity (Wildman–Crippen MR) is 106 cm³/mol. The van der Waals surface area contributed by atoms with Crippen LogP contribution >= 0.6 is 0 Å². The summed E-state index contributed by atoms with van der Waals surface area (Å²) in [4.78, 5) is 8.92. The molecule has 0 unspecified atom stereocenters. The van der Waals surface area contributed by atoms with Crippen LogP contribution in [-0.4, -0.2) is 16.1 Å². The quantitative estimate of drug-likeness (QED) is 0.471. The fourth-order valence-electron chi connectivity index (χ4n) is 3.92. The molecule has 26 heavy (non-hydrogen) atoms. The number of halogens is 1. The number of hydrogen-bond acceptors (Lipinski definition) is 2. The highest BCUT2D eigenvalue weighted by Gasteiger charge is 2.17. The first-order chi connectivity index (χ1) is 12.8. The molecule has 1 fully saturated rings. The monoisotopic (exact) mass is 354 g/mol. The molecular weight excluding hydrogens is 323 g/mol. The fourth-order valence-corrected chi connectivity index (χ4v) is 3.92. The molecule has 0 amide bonds. The highest BCUT2D eigenvalue weighted by Crippen LogP contribution is 2.34. The summed E-state index contributed by atoms with van der Waals surface area (Å²) < 4.78 is 14.1. The second-order valence-electron chi connectivity index (χ2n) is 7.67. The van der Waals surface area contributed by atoms with Crippen molar-refractivity contribution in [1.82, 2.24) is 9.97 Å². The van der Waals surface area contributed by atoms with E-state index in [2.05, 4.69) is 41.2 Å². The van der Waals surface area contributed by atoms with Crippen LogP contribution in [0.4, 0.5) is 4.39 Å². The number of alkyl halides is 1. The van der Waals surface area contributed by atoms with Crippen molar-refractivity contribution in [1.29, 1.82) is 0 Å². The molecule has 0 saturated heterocycles. The Morgan fingerprint density at radius 1 is 1.00 bits per heavy atom. The zero-order valence-corrected chi connectivity index (χ0v) is 16.0. The first kappa shape index (κ1) is 19.0. The molecule has 1 aliphatic rings. The number of benzene rings is 1. The number of hydrogen-bond donors (Lipinski definition) is 0. The molecule has 3 heteroatoms. The van der Waals surface area contributed by atoms with Crippen molar-refractivity contribution >= 4 is 0 Å². The van der Waals surface area contributed by atoms with Crippen molar-refractivity contribution in [3.05, 3.63) is 47.8 Å². The smallest absolute Gasteiger partial charge is 0.159 e. The van der Waals surface area contributed by atoms with Crippen LogP contribution < -0.4 is 0 Å². The van der Waals surface area contributed by atoms with Crippen LogP contribution in [0.15, 0.2) is 36.7 Å². The summed E-state index contributed by atoms with van der Waals surface area (Å²) in [5.74, 6) is 1.45. The average Bonchev–Trinajstić information content (AvgIpc) is 3.21. The molecule has 0 N–H and O–H groups in total. The molecule has 0 bridgehead atoms. The summed E-state index contributed by atoms with van der Waals surface area (Å²) in [5, 5.41) is 0. The van der Waals surface area contributed by atoms with E-state index in [1.165, 1.54) is 44.1 Å². The van der Waals surface area contributed by atoms with Crippen molar-refractivity contribution < 1.29 is 4.39 Å². The lowest BCUT2D eigenvalue weighted by atomic mass is 9.96. The van der Waals surface area contributed by atoms with Gasteiger partial charge in [-0.2, -0.15) is 0 Å². The van der Waals surface area contributed by atoms with E-state index in [1.54, 1.807) is 12.4 Å². The normalized spacial score (nSPS) is 16.1. The van der Waals surface area contributed by atoms with Gasteiger partial charge in [-0.25, -0.2) is 14.4 Å². The van der Waals surface area contributed by atoms with E-state index in [-0.39, 0.29) is 0 Å². The predicted octanol–water partition coefficient (Wildman–Crippen LogP) is 6.65. The maximum atomic E-state index is 14.1. The Morgan fingerprint density at radius 3 is 2.35 bits per heavy atom. The minimum absolute atomic E-state index is 0.424. The number of nitrogens with zero attached hydrogens (tertiary/aromatic N) is 2. The largest absolute Gasteiger partial charge is 0.247 e. The van der Waals surface area contributed by atoms with Gasteiger partial charge in [-0.05, 0) is 36.3 Å². The second-order valence-corrected chi connectivity index (χ2v) is 7.67. The summed E-state index contributed by atoms with van der Waals surface area (Å²) in [5.41, 5.74) is 3.36. The van der Waals surface area contributed by atoms with Gasteiger partial charge in [0.05, 0.1) is 0 Å². The third-order valence-electron chi connectivity index (χ3n) is 5.53. The van der Waals surface area contributed by atoms with Crippen LogP contribution in [-0.2, 0) is 6.42 Å². The van der Waals surface area contributed by atoms with Gasteiger partial charge in [-0.15, -0.1) is 0 Å². The minimum Gasteiger partial charge on any atom is -0.247 e. The van der Waals surface area contributed by atoms with Crippen molar-refractivity contribution in [2.45, 2.75) is 83.2 Å². The van der Waals surface area contributed by atoms with Crippen LogP contribution in [0.3, 0.4) is 0 Å².